The molecule has 1 aliphatic rings. The largest absolute Gasteiger partial charge is 0.371 e. The molecular weight excluding hydrogens is 256 g/mol. The molecule has 2 heteroatoms. The molecule has 0 spiro atoms. The summed E-state index contributed by atoms with van der Waals surface area (Å²) < 4.78 is 0. The van der Waals surface area contributed by atoms with Crippen LogP contribution < -0.4 is 10.2 Å². The number of aryl methyl sites for hydroxylation is 1. The lowest BCUT2D eigenvalue weighted by Crippen LogP contribution is -2.39. The van der Waals surface area contributed by atoms with Crippen LogP contribution in [0, 0.1) is 12.8 Å². The Kier molecular flexibility index (Phi) is 5.69. The summed E-state index contributed by atoms with van der Waals surface area (Å²) in [5.74, 6) is 0.811. The monoisotopic (exact) mass is 288 g/mol. The molecule has 2 atom stereocenters. The van der Waals surface area contributed by atoms with Crippen molar-refractivity contribution in [2.45, 2.75) is 72.0 Å². The molecule has 0 bridgehead atoms. The van der Waals surface area contributed by atoms with E-state index in [9.17, 15) is 0 Å². The average molecular weight is 288 g/mol. The van der Waals surface area contributed by atoms with Crippen LogP contribution in [-0.4, -0.2) is 19.1 Å². The molecule has 1 fully saturated rings. The molecule has 1 aromatic carbocycles. The zero-order valence-electron chi connectivity index (χ0n) is 14.4. The highest BCUT2D eigenvalue weighted by Crippen LogP contribution is 2.32. The number of nitrogens with zero attached hydrogens (tertiary/aromatic N) is 1. The zero-order chi connectivity index (χ0) is 15.4. The number of hydrogen-bond acceptors (Lipinski definition) is 2. The lowest BCUT2D eigenvalue weighted by molar-refractivity contribution is 0.321. The second kappa shape index (κ2) is 7.31. The molecule has 2 rings (SSSR count). The van der Waals surface area contributed by atoms with Crippen molar-refractivity contribution in [2.24, 2.45) is 5.92 Å². The molecule has 0 heterocycles. The number of nitrogens with one attached hydrogen (secondary N) is 1. The van der Waals surface area contributed by atoms with Crippen molar-refractivity contribution in [3.8, 4) is 0 Å². The van der Waals surface area contributed by atoms with Crippen LogP contribution in [0.3, 0.4) is 0 Å². The molecule has 21 heavy (non-hydrogen) atoms. The highest BCUT2D eigenvalue weighted by atomic mass is 15.1. The van der Waals surface area contributed by atoms with Gasteiger partial charge >= 0.3 is 0 Å². The summed E-state index contributed by atoms with van der Waals surface area (Å²) in [5.41, 5.74) is 4.19. The minimum Gasteiger partial charge on any atom is -0.371 e. The van der Waals surface area contributed by atoms with Gasteiger partial charge in [0.15, 0.2) is 0 Å². The van der Waals surface area contributed by atoms with E-state index < -0.39 is 0 Å². The van der Waals surface area contributed by atoms with Gasteiger partial charge in [0.1, 0.15) is 0 Å². The van der Waals surface area contributed by atoms with Crippen LogP contribution in [0.1, 0.15) is 57.6 Å². The summed E-state index contributed by atoms with van der Waals surface area (Å²) in [5, 5.41) is 3.49. The van der Waals surface area contributed by atoms with E-state index in [1.165, 1.54) is 42.5 Å². The fourth-order valence-electron chi connectivity index (χ4n) is 3.60. The Balaban J connectivity index is 2.08. The minimum absolute atomic E-state index is 0.538. The first-order valence-corrected chi connectivity index (χ1v) is 8.54. The SMILES string of the molecule is Cc1cc(CNC(C)C)ccc1N(C)C1CCCCC1C. The van der Waals surface area contributed by atoms with E-state index in [2.05, 4.69) is 63.2 Å². The van der Waals surface area contributed by atoms with Crippen LogP contribution in [0.25, 0.3) is 0 Å². The topological polar surface area (TPSA) is 15.3 Å². The van der Waals surface area contributed by atoms with Gasteiger partial charge in [-0.05, 0) is 42.9 Å². The summed E-state index contributed by atoms with van der Waals surface area (Å²) in [7, 11) is 2.28. The van der Waals surface area contributed by atoms with Gasteiger partial charge in [0, 0.05) is 31.4 Å². The molecule has 1 aliphatic carbocycles. The first-order valence-electron chi connectivity index (χ1n) is 8.54. The van der Waals surface area contributed by atoms with Crippen molar-refractivity contribution in [2.75, 3.05) is 11.9 Å². The number of benzene rings is 1. The van der Waals surface area contributed by atoms with Crippen molar-refractivity contribution in [1.29, 1.82) is 0 Å². The van der Waals surface area contributed by atoms with E-state index in [-0.39, 0.29) is 0 Å². The van der Waals surface area contributed by atoms with E-state index in [1.807, 2.05) is 0 Å². The summed E-state index contributed by atoms with van der Waals surface area (Å²) in [6.07, 6.45) is 5.51. The van der Waals surface area contributed by atoms with Gasteiger partial charge in [-0.1, -0.05) is 45.7 Å². The van der Waals surface area contributed by atoms with Crippen LogP contribution in [-0.2, 0) is 6.54 Å². The number of rotatable bonds is 5. The van der Waals surface area contributed by atoms with Crippen LogP contribution in [0.15, 0.2) is 18.2 Å². The number of hydrogen-bond donors (Lipinski definition) is 1. The predicted octanol–water partition coefficient (Wildman–Crippen LogP) is 4.51. The van der Waals surface area contributed by atoms with Crippen molar-refractivity contribution < 1.29 is 0 Å². The normalized spacial score (nSPS) is 22.6. The summed E-state index contributed by atoms with van der Waals surface area (Å²) in [6.45, 7) is 10.0. The van der Waals surface area contributed by atoms with E-state index in [0.29, 0.717) is 12.1 Å². The Morgan fingerprint density at radius 3 is 2.57 bits per heavy atom. The van der Waals surface area contributed by atoms with Crippen LogP contribution >= 0.6 is 0 Å². The average Bonchev–Trinajstić information content (AvgIpc) is 2.45. The van der Waals surface area contributed by atoms with Gasteiger partial charge in [0.25, 0.3) is 0 Å². The highest BCUT2D eigenvalue weighted by Gasteiger charge is 2.25. The lowest BCUT2D eigenvalue weighted by atomic mass is 9.84. The minimum atomic E-state index is 0.538. The smallest absolute Gasteiger partial charge is 0.0396 e. The molecule has 0 radical (unpaired) electrons. The van der Waals surface area contributed by atoms with Gasteiger partial charge in [0.05, 0.1) is 0 Å². The van der Waals surface area contributed by atoms with Crippen molar-refractivity contribution in [3.05, 3.63) is 29.3 Å². The maximum absolute atomic E-state index is 3.49. The van der Waals surface area contributed by atoms with Crippen LogP contribution in [0.5, 0.6) is 0 Å². The van der Waals surface area contributed by atoms with Crippen LogP contribution in [0.4, 0.5) is 5.69 Å². The molecule has 0 aliphatic heterocycles. The molecule has 118 valence electrons. The number of anilines is 1. The fourth-order valence-corrected chi connectivity index (χ4v) is 3.60. The van der Waals surface area contributed by atoms with Gasteiger partial charge in [-0.25, -0.2) is 0 Å². The zero-order valence-corrected chi connectivity index (χ0v) is 14.4. The Bertz CT molecular complexity index is 453. The van der Waals surface area contributed by atoms with Gasteiger partial charge in [0.2, 0.25) is 0 Å². The quantitative estimate of drug-likeness (QED) is 0.857. The van der Waals surface area contributed by atoms with Gasteiger partial charge in [-0.2, -0.15) is 0 Å². The highest BCUT2D eigenvalue weighted by molar-refractivity contribution is 5.54. The standard InChI is InChI=1S/C19H32N2/c1-14(2)20-13-17-10-11-19(16(4)12-17)21(5)18-9-7-6-8-15(18)3/h10-12,14-15,18,20H,6-9,13H2,1-5H3. The molecule has 2 unspecified atom stereocenters. The Morgan fingerprint density at radius 1 is 1.24 bits per heavy atom. The lowest BCUT2D eigenvalue weighted by Gasteiger charge is -2.38. The second-order valence-electron chi connectivity index (χ2n) is 7.10. The van der Waals surface area contributed by atoms with Gasteiger partial charge in [-0.15, -0.1) is 0 Å². The molecule has 2 nitrogen and oxygen atoms in total. The van der Waals surface area contributed by atoms with Gasteiger partial charge in [-0.3, -0.25) is 0 Å². The Morgan fingerprint density at radius 2 is 1.95 bits per heavy atom. The Labute approximate surface area is 130 Å². The van der Waals surface area contributed by atoms with E-state index >= 15 is 0 Å². The van der Waals surface area contributed by atoms with Crippen molar-refractivity contribution in [3.63, 3.8) is 0 Å². The fraction of sp³-hybridized carbons (Fsp3) is 0.684. The molecule has 1 N–H and O–H groups in total. The maximum atomic E-state index is 3.49. The second-order valence-corrected chi connectivity index (χ2v) is 7.10. The molecule has 1 saturated carbocycles. The molecule has 0 saturated heterocycles. The summed E-state index contributed by atoms with van der Waals surface area (Å²) >= 11 is 0. The van der Waals surface area contributed by atoms with Crippen LogP contribution in [0.2, 0.25) is 0 Å². The Hall–Kier alpha value is -1.02. The predicted molar refractivity (Wildman–Crippen MR) is 93.0 cm³/mol. The molecule has 0 amide bonds. The van der Waals surface area contributed by atoms with E-state index in [1.54, 1.807) is 0 Å². The third-order valence-corrected chi connectivity index (χ3v) is 4.92. The van der Waals surface area contributed by atoms with E-state index in [0.717, 1.165) is 12.5 Å². The van der Waals surface area contributed by atoms with E-state index in [4.69, 9.17) is 0 Å². The third kappa shape index (κ3) is 4.23. The molecule has 0 aromatic heterocycles. The molecular formula is C19H32N2. The van der Waals surface area contributed by atoms with Crippen molar-refractivity contribution in [1.82, 2.24) is 5.32 Å². The molecule has 1 aromatic rings. The maximum Gasteiger partial charge on any atom is 0.0396 e. The van der Waals surface area contributed by atoms with Gasteiger partial charge < -0.3 is 10.2 Å². The third-order valence-electron chi connectivity index (χ3n) is 4.92. The summed E-state index contributed by atoms with van der Waals surface area (Å²) in [4.78, 5) is 2.53. The first-order chi connectivity index (χ1) is 9.99. The van der Waals surface area contributed by atoms with Crippen molar-refractivity contribution >= 4 is 5.69 Å². The first kappa shape index (κ1) is 16.4. The summed E-state index contributed by atoms with van der Waals surface area (Å²) in [6, 6.07) is 8.18.